The van der Waals surface area contributed by atoms with Crippen LogP contribution >= 0.6 is 11.8 Å². The Balaban J connectivity index is 2.13. The van der Waals surface area contributed by atoms with Crippen LogP contribution in [0.3, 0.4) is 0 Å². The summed E-state index contributed by atoms with van der Waals surface area (Å²) in [6, 6.07) is 0. The van der Waals surface area contributed by atoms with Gasteiger partial charge in [0, 0.05) is 0 Å². The number of carbonyl (C=O) groups is 1. The molecule has 3 heteroatoms. The van der Waals surface area contributed by atoms with Crippen molar-refractivity contribution in [2.45, 2.75) is 57.8 Å². The Bertz CT molecular complexity index is 165. The molecule has 1 saturated heterocycles. The van der Waals surface area contributed by atoms with E-state index in [-0.39, 0.29) is 5.97 Å². The SMILES string of the molecule is O=C1CSCCCCCCCCCCCO1. The second kappa shape index (κ2) is 10.0. The Kier molecular flexibility index (Phi) is 8.68. The zero-order chi connectivity index (χ0) is 11.5. The van der Waals surface area contributed by atoms with E-state index in [4.69, 9.17) is 4.74 Å². The molecule has 0 amide bonds. The zero-order valence-corrected chi connectivity index (χ0v) is 11.0. The molecule has 0 unspecified atom stereocenters. The van der Waals surface area contributed by atoms with Crippen LogP contribution in [0.15, 0.2) is 0 Å². The zero-order valence-electron chi connectivity index (χ0n) is 10.2. The second-order valence-electron chi connectivity index (χ2n) is 4.46. The van der Waals surface area contributed by atoms with Crippen LogP contribution in [-0.2, 0) is 9.53 Å². The van der Waals surface area contributed by atoms with Gasteiger partial charge in [-0.25, -0.2) is 0 Å². The number of rotatable bonds is 0. The summed E-state index contributed by atoms with van der Waals surface area (Å²) in [4.78, 5) is 11.3. The lowest BCUT2D eigenvalue weighted by molar-refractivity contribution is -0.140. The molecule has 0 radical (unpaired) electrons. The van der Waals surface area contributed by atoms with Crippen molar-refractivity contribution in [2.75, 3.05) is 18.1 Å². The van der Waals surface area contributed by atoms with Gasteiger partial charge in [-0.2, -0.15) is 11.8 Å². The van der Waals surface area contributed by atoms with E-state index in [0.29, 0.717) is 12.4 Å². The normalized spacial score (nSPS) is 22.9. The molecule has 1 heterocycles. The number of carbonyl (C=O) groups excluding carboxylic acids is 1. The monoisotopic (exact) mass is 244 g/mol. The molecule has 94 valence electrons. The van der Waals surface area contributed by atoms with Crippen LogP contribution in [0.4, 0.5) is 0 Å². The van der Waals surface area contributed by atoms with E-state index in [1.165, 1.54) is 51.4 Å². The standard InChI is InChI=1S/C13H24O2S/c14-13-12-16-11-9-7-5-3-1-2-4-6-8-10-15-13/h1-12H2. The lowest BCUT2D eigenvalue weighted by Crippen LogP contribution is -2.08. The second-order valence-corrected chi connectivity index (χ2v) is 5.56. The van der Waals surface area contributed by atoms with Crippen LogP contribution in [0.5, 0.6) is 0 Å². The molecule has 1 fully saturated rings. The van der Waals surface area contributed by atoms with Crippen LogP contribution in [0.1, 0.15) is 57.8 Å². The van der Waals surface area contributed by atoms with Gasteiger partial charge in [-0.05, 0) is 18.6 Å². The number of hydrogen-bond acceptors (Lipinski definition) is 3. The van der Waals surface area contributed by atoms with Crippen molar-refractivity contribution in [3.63, 3.8) is 0 Å². The Morgan fingerprint density at radius 2 is 1.38 bits per heavy atom. The van der Waals surface area contributed by atoms with Crippen LogP contribution in [0, 0.1) is 0 Å². The Hall–Kier alpha value is -0.180. The summed E-state index contributed by atoms with van der Waals surface area (Å²) in [6.07, 6.45) is 11.6. The smallest absolute Gasteiger partial charge is 0.315 e. The number of esters is 1. The van der Waals surface area contributed by atoms with E-state index in [1.54, 1.807) is 11.8 Å². The van der Waals surface area contributed by atoms with E-state index < -0.39 is 0 Å². The molecular weight excluding hydrogens is 220 g/mol. The molecule has 1 aliphatic rings. The van der Waals surface area contributed by atoms with Gasteiger partial charge in [-0.3, -0.25) is 4.79 Å². The van der Waals surface area contributed by atoms with Gasteiger partial charge in [0.15, 0.2) is 0 Å². The molecule has 0 aromatic heterocycles. The van der Waals surface area contributed by atoms with Crippen molar-refractivity contribution in [1.29, 1.82) is 0 Å². The fourth-order valence-corrected chi connectivity index (χ4v) is 2.73. The first-order chi connectivity index (χ1) is 7.89. The molecule has 0 aliphatic carbocycles. The van der Waals surface area contributed by atoms with Crippen LogP contribution in [0.25, 0.3) is 0 Å². The van der Waals surface area contributed by atoms with Gasteiger partial charge in [0.2, 0.25) is 0 Å². The van der Waals surface area contributed by atoms with Crippen molar-refractivity contribution in [1.82, 2.24) is 0 Å². The highest BCUT2D eigenvalue weighted by Gasteiger charge is 2.03. The van der Waals surface area contributed by atoms with Crippen molar-refractivity contribution < 1.29 is 9.53 Å². The van der Waals surface area contributed by atoms with Crippen LogP contribution in [-0.4, -0.2) is 24.1 Å². The fourth-order valence-electron chi connectivity index (χ4n) is 1.93. The average molecular weight is 244 g/mol. The molecule has 16 heavy (non-hydrogen) atoms. The van der Waals surface area contributed by atoms with Crippen LogP contribution in [0.2, 0.25) is 0 Å². The minimum atomic E-state index is -0.0279. The third-order valence-electron chi connectivity index (χ3n) is 2.92. The first-order valence-electron chi connectivity index (χ1n) is 6.63. The van der Waals surface area contributed by atoms with Gasteiger partial charge < -0.3 is 4.74 Å². The molecule has 0 bridgehead atoms. The quantitative estimate of drug-likeness (QED) is 0.606. The van der Waals surface area contributed by atoms with Gasteiger partial charge in [0.25, 0.3) is 0 Å². The maximum absolute atomic E-state index is 11.3. The van der Waals surface area contributed by atoms with E-state index in [1.807, 2.05) is 0 Å². The summed E-state index contributed by atoms with van der Waals surface area (Å²) in [5, 5.41) is 0. The highest BCUT2D eigenvalue weighted by Crippen LogP contribution is 2.13. The minimum absolute atomic E-state index is 0.0279. The molecule has 2 nitrogen and oxygen atoms in total. The topological polar surface area (TPSA) is 26.3 Å². The molecule has 0 atom stereocenters. The summed E-state index contributed by atoms with van der Waals surface area (Å²) < 4.78 is 5.16. The highest BCUT2D eigenvalue weighted by atomic mass is 32.2. The summed E-state index contributed by atoms with van der Waals surface area (Å²) in [6.45, 7) is 0.624. The predicted molar refractivity (Wildman–Crippen MR) is 69.8 cm³/mol. The van der Waals surface area contributed by atoms with E-state index in [2.05, 4.69) is 0 Å². The molecule has 1 rings (SSSR count). The molecule has 1 aliphatic heterocycles. The van der Waals surface area contributed by atoms with Crippen molar-refractivity contribution in [3.05, 3.63) is 0 Å². The minimum Gasteiger partial charge on any atom is -0.465 e. The lowest BCUT2D eigenvalue weighted by atomic mass is 10.1. The summed E-state index contributed by atoms with van der Waals surface area (Å²) in [5.74, 6) is 1.62. The maximum atomic E-state index is 11.3. The number of hydrogen-bond donors (Lipinski definition) is 0. The van der Waals surface area contributed by atoms with Gasteiger partial charge in [0.1, 0.15) is 0 Å². The van der Waals surface area contributed by atoms with Gasteiger partial charge in [-0.1, -0.05) is 44.9 Å². The molecule has 0 N–H and O–H groups in total. The Labute approximate surface area is 104 Å². The van der Waals surface area contributed by atoms with Gasteiger partial charge in [0.05, 0.1) is 12.4 Å². The number of ether oxygens (including phenoxy) is 1. The number of cyclic esters (lactones) is 1. The average Bonchev–Trinajstić information content (AvgIpc) is 2.29. The summed E-state index contributed by atoms with van der Waals surface area (Å²) >= 11 is 1.72. The van der Waals surface area contributed by atoms with E-state index in [0.717, 1.165) is 12.2 Å². The van der Waals surface area contributed by atoms with Crippen molar-refractivity contribution in [2.24, 2.45) is 0 Å². The first kappa shape index (κ1) is 13.9. The third-order valence-corrected chi connectivity index (χ3v) is 3.93. The van der Waals surface area contributed by atoms with E-state index >= 15 is 0 Å². The lowest BCUT2D eigenvalue weighted by Gasteiger charge is -2.04. The summed E-state index contributed by atoms with van der Waals surface area (Å²) in [7, 11) is 0. The van der Waals surface area contributed by atoms with Gasteiger partial charge in [-0.15, -0.1) is 0 Å². The largest absolute Gasteiger partial charge is 0.465 e. The van der Waals surface area contributed by atoms with Crippen molar-refractivity contribution >= 4 is 17.7 Å². The fraction of sp³-hybridized carbons (Fsp3) is 0.923. The first-order valence-corrected chi connectivity index (χ1v) is 7.78. The predicted octanol–water partition coefficient (Wildman–Crippen LogP) is 3.79. The Morgan fingerprint density at radius 3 is 2.06 bits per heavy atom. The maximum Gasteiger partial charge on any atom is 0.315 e. The summed E-state index contributed by atoms with van der Waals surface area (Å²) in [5.41, 5.74) is 0. The highest BCUT2D eigenvalue weighted by molar-refractivity contribution is 7.99. The van der Waals surface area contributed by atoms with Crippen LogP contribution < -0.4 is 0 Å². The molecule has 0 spiro atoms. The molecule has 0 saturated carbocycles. The van der Waals surface area contributed by atoms with Crippen molar-refractivity contribution in [3.8, 4) is 0 Å². The van der Waals surface area contributed by atoms with E-state index in [9.17, 15) is 4.79 Å². The van der Waals surface area contributed by atoms with Gasteiger partial charge >= 0.3 is 5.97 Å². The Morgan fingerprint density at radius 1 is 0.812 bits per heavy atom. The molecule has 0 aromatic rings. The molecular formula is C13H24O2S. The molecule has 0 aromatic carbocycles. The third kappa shape index (κ3) is 8.03. The number of thioether (sulfide) groups is 1.